The van der Waals surface area contributed by atoms with Crippen LogP contribution in [-0.2, 0) is 23.9 Å². The van der Waals surface area contributed by atoms with Gasteiger partial charge in [0.1, 0.15) is 24.7 Å². The summed E-state index contributed by atoms with van der Waals surface area (Å²) < 4.78 is 4.94. The van der Waals surface area contributed by atoms with E-state index in [-0.39, 0.29) is 39.1 Å². The number of ether oxygens (including phenoxy) is 1. The molecule has 2 heterocycles. The first-order chi connectivity index (χ1) is 19.3. The van der Waals surface area contributed by atoms with Gasteiger partial charge in [-0.15, -0.1) is 0 Å². The smallest absolute Gasteiger partial charge is 0.251 e. The summed E-state index contributed by atoms with van der Waals surface area (Å²) in [5.74, 6) is -1.69. The monoisotopic (exact) mass is 592 g/mol. The Bertz CT molecular complexity index is 1150. The fourth-order valence-corrected chi connectivity index (χ4v) is 4.22. The van der Waals surface area contributed by atoms with E-state index < -0.39 is 29.8 Å². The number of amides is 3. The van der Waals surface area contributed by atoms with E-state index in [1.807, 2.05) is 30.9 Å². The van der Waals surface area contributed by atoms with Crippen molar-refractivity contribution < 1.29 is 42.5 Å². The van der Waals surface area contributed by atoms with Crippen LogP contribution in [0.15, 0.2) is 54.6 Å². The first-order valence-corrected chi connectivity index (χ1v) is 13.6. The number of carbonyl (C=O) groups is 5. The number of nitrogens with zero attached hydrogens (tertiary/aromatic N) is 2. The van der Waals surface area contributed by atoms with Crippen molar-refractivity contribution in [3.63, 3.8) is 0 Å². The Morgan fingerprint density at radius 3 is 2.10 bits per heavy atom. The number of anilines is 2. The Labute approximate surface area is 250 Å². The average molecular weight is 593 g/mol. The average Bonchev–Trinajstić information content (AvgIpc) is 3.54. The van der Waals surface area contributed by atoms with Crippen LogP contribution in [0.25, 0.3) is 0 Å². The van der Waals surface area contributed by atoms with Crippen molar-refractivity contribution in [1.29, 1.82) is 0 Å². The van der Waals surface area contributed by atoms with Gasteiger partial charge in [-0.3, -0.25) is 24.1 Å². The minimum atomic E-state index is -0.969. The Balaban J connectivity index is -0.00000137. The predicted molar refractivity (Wildman–Crippen MR) is 166 cm³/mol. The molecule has 0 unspecified atom stereocenters. The van der Waals surface area contributed by atoms with Crippen molar-refractivity contribution in [1.82, 2.24) is 10.6 Å². The molecule has 4 rings (SSSR count). The number of rotatable bonds is 8. The van der Waals surface area contributed by atoms with Gasteiger partial charge >= 0.3 is 0 Å². The molecule has 2 aromatic rings. The van der Waals surface area contributed by atoms with Crippen LogP contribution in [0.5, 0.6) is 0 Å². The summed E-state index contributed by atoms with van der Waals surface area (Å²) in [6.07, 6.45) is 2.92. The van der Waals surface area contributed by atoms with Gasteiger partial charge < -0.3 is 36.0 Å². The van der Waals surface area contributed by atoms with E-state index in [9.17, 15) is 24.0 Å². The molecule has 0 aliphatic carbocycles. The highest BCUT2D eigenvalue weighted by Crippen LogP contribution is 2.31. The Hall–Kier alpha value is -4.13. The van der Waals surface area contributed by atoms with E-state index in [0.717, 1.165) is 13.2 Å². The lowest BCUT2D eigenvalue weighted by atomic mass is 10.1. The lowest BCUT2D eigenvalue weighted by molar-refractivity contribution is -0.126. The van der Waals surface area contributed by atoms with Gasteiger partial charge in [0.25, 0.3) is 11.8 Å². The van der Waals surface area contributed by atoms with E-state index in [0.29, 0.717) is 23.2 Å². The number of para-hydroxylation sites is 2. The Kier molecular flexibility index (Phi) is 17.9. The number of nitrogens with one attached hydrogen (secondary N) is 2. The second-order valence-electron chi connectivity index (χ2n) is 9.22. The van der Waals surface area contributed by atoms with Gasteiger partial charge in [-0.2, -0.15) is 0 Å². The van der Waals surface area contributed by atoms with Crippen LogP contribution in [0, 0.1) is 0 Å². The normalized spacial score (nSPS) is 15.8. The molecule has 12 heteroatoms. The fraction of sp³-hybridized carbons (Fsp3) is 0.433. The molecule has 1 fully saturated rings. The van der Waals surface area contributed by atoms with Crippen LogP contribution < -0.4 is 20.4 Å². The van der Waals surface area contributed by atoms with Crippen LogP contribution >= 0.6 is 0 Å². The predicted octanol–water partition coefficient (Wildman–Crippen LogP) is 1.60. The lowest BCUT2D eigenvalue weighted by Gasteiger charge is -2.25. The highest BCUT2D eigenvalue weighted by molar-refractivity contribution is 6.08. The summed E-state index contributed by atoms with van der Waals surface area (Å²) in [4.78, 5) is 64.6. The van der Waals surface area contributed by atoms with Crippen molar-refractivity contribution in [2.45, 2.75) is 52.1 Å². The third-order valence-corrected chi connectivity index (χ3v) is 6.09. The molecule has 1 saturated heterocycles. The molecule has 0 radical (unpaired) electrons. The number of carbonyl (C=O) groups excluding carboxylic acids is 5. The molecule has 236 valence electrons. The maximum absolute atomic E-state index is 13.5. The van der Waals surface area contributed by atoms with Gasteiger partial charge in [-0.1, -0.05) is 44.2 Å². The molecule has 42 heavy (non-hydrogen) atoms. The SMILES string of the molecule is C1CCOC1.CC.CC(=O)C[C@@H](C=O)NC(=O)CN1C(=O)[C@@H](NC(=O)c2ccccc2)CN(C)c2ccccc21.O.O.[HH].[HH]. The minimum Gasteiger partial charge on any atom is -0.412 e. The van der Waals surface area contributed by atoms with Crippen LogP contribution in [0.3, 0.4) is 0 Å². The highest BCUT2D eigenvalue weighted by Gasteiger charge is 2.35. The van der Waals surface area contributed by atoms with Gasteiger partial charge in [0.05, 0.1) is 17.4 Å². The summed E-state index contributed by atoms with van der Waals surface area (Å²) in [5, 5.41) is 5.25. The minimum absolute atomic E-state index is 0. The van der Waals surface area contributed by atoms with Crippen molar-refractivity contribution in [3.05, 3.63) is 60.2 Å². The molecule has 2 atom stereocenters. The molecule has 0 aromatic heterocycles. The molecule has 6 N–H and O–H groups in total. The molecule has 2 aliphatic rings. The van der Waals surface area contributed by atoms with Crippen LogP contribution in [0.2, 0.25) is 0 Å². The Morgan fingerprint density at radius 2 is 1.57 bits per heavy atom. The summed E-state index contributed by atoms with van der Waals surface area (Å²) in [6, 6.07) is 13.8. The van der Waals surface area contributed by atoms with E-state index in [1.54, 1.807) is 49.5 Å². The van der Waals surface area contributed by atoms with E-state index >= 15 is 0 Å². The molecule has 12 nitrogen and oxygen atoms in total. The molecular weight excluding hydrogens is 544 g/mol. The number of hydrogen-bond acceptors (Lipinski definition) is 7. The zero-order valence-electron chi connectivity index (χ0n) is 24.7. The third kappa shape index (κ3) is 11.4. The molecule has 0 spiro atoms. The zero-order chi connectivity index (χ0) is 29.5. The fourth-order valence-electron chi connectivity index (χ4n) is 4.22. The van der Waals surface area contributed by atoms with Crippen LogP contribution in [0.4, 0.5) is 11.4 Å². The van der Waals surface area contributed by atoms with E-state index in [4.69, 9.17) is 4.74 Å². The maximum Gasteiger partial charge on any atom is 0.251 e. The van der Waals surface area contributed by atoms with Crippen molar-refractivity contribution in [3.8, 4) is 0 Å². The molecule has 2 aromatic carbocycles. The molecule has 0 saturated carbocycles. The first-order valence-electron chi connectivity index (χ1n) is 13.6. The summed E-state index contributed by atoms with van der Waals surface area (Å²) in [6.45, 7) is 7.16. The van der Waals surface area contributed by atoms with Gasteiger partial charge in [-0.05, 0) is 44.0 Å². The number of benzene rings is 2. The zero-order valence-corrected chi connectivity index (χ0v) is 24.7. The van der Waals surface area contributed by atoms with Gasteiger partial charge in [0.15, 0.2) is 0 Å². The second kappa shape index (κ2) is 19.9. The van der Waals surface area contributed by atoms with E-state index in [1.165, 1.54) is 24.7 Å². The largest absolute Gasteiger partial charge is 0.412 e. The number of likely N-dealkylation sites (N-methyl/N-ethyl adjacent to an activating group) is 1. The van der Waals surface area contributed by atoms with Gasteiger partial charge in [0.2, 0.25) is 5.91 Å². The van der Waals surface area contributed by atoms with Crippen molar-refractivity contribution in [2.75, 3.05) is 43.2 Å². The van der Waals surface area contributed by atoms with E-state index in [2.05, 4.69) is 10.6 Å². The van der Waals surface area contributed by atoms with Crippen molar-refractivity contribution in [2.24, 2.45) is 0 Å². The standard InChI is InChI=1S/C24H26N4O5.C4H8O.C2H6.2H2O.2H2/c1-16(30)12-18(15-29)25-22(31)14-28-21-11-7-6-10-20(21)27(2)13-19(24(28)33)26-23(32)17-8-4-3-5-9-17;1-2-4-5-3-1;1-2;;;;/h3-11,15,18-19H,12-14H2,1-2H3,(H,25,31)(H,26,32);1-4H2;1-2H3;2*1H2;2*1H/t18-,19-;;;;;;/m0....../s1. The number of aldehydes is 1. The molecule has 2 aliphatic heterocycles. The lowest BCUT2D eigenvalue weighted by Crippen LogP contribution is -2.54. The number of hydrogen-bond donors (Lipinski definition) is 2. The second-order valence-corrected chi connectivity index (χ2v) is 9.22. The molecule has 0 bridgehead atoms. The van der Waals surface area contributed by atoms with Gasteiger partial charge in [0, 0.05) is 41.6 Å². The maximum atomic E-state index is 13.5. The topological polar surface area (TPSA) is 188 Å². The Morgan fingerprint density at radius 1 is 1.00 bits per heavy atom. The van der Waals surface area contributed by atoms with Crippen molar-refractivity contribution >= 4 is 41.2 Å². The quantitative estimate of drug-likeness (QED) is 0.435. The summed E-state index contributed by atoms with van der Waals surface area (Å²) in [5.41, 5.74) is 1.63. The summed E-state index contributed by atoms with van der Waals surface area (Å²) in [7, 11) is 1.80. The van der Waals surface area contributed by atoms with Gasteiger partial charge in [-0.25, -0.2) is 0 Å². The molecule has 3 amide bonds. The third-order valence-electron chi connectivity index (χ3n) is 6.09. The summed E-state index contributed by atoms with van der Waals surface area (Å²) >= 11 is 0. The first kappa shape index (κ1) is 37.9. The van der Waals surface area contributed by atoms with Crippen LogP contribution in [0.1, 0.15) is 53.2 Å². The number of ketones is 1. The highest BCUT2D eigenvalue weighted by atomic mass is 16.5. The number of fused-ring (bicyclic) bond motifs is 1. The number of Topliss-reactive ketones (excluding diaryl/α,β-unsaturated/α-hetero) is 1. The van der Waals surface area contributed by atoms with Crippen LogP contribution in [-0.4, -0.2) is 86.2 Å². The molecular formula is C30H48N4O8.